The van der Waals surface area contributed by atoms with E-state index in [0.717, 1.165) is 27.5 Å². The van der Waals surface area contributed by atoms with E-state index in [9.17, 15) is 4.79 Å². The Kier molecular flexibility index (Phi) is 4.58. The molecule has 136 valence electrons. The van der Waals surface area contributed by atoms with E-state index in [1.54, 1.807) is 0 Å². The van der Waals surface area contributed by atoms with Crippen molar-refractivity contribution < 1.29 is 9.53 Å². The third-order valence-corrected chi connectivity index (χ3v) is 5.42. The van der Waals surface area contributed by atoms with Crippen LogP contribution in [0.1, 0.15) is 22.3 Å². The molecule has 3 aromatic rings. The fourth-order valence-corrected chi connectivity index (χ4v) is 3.77. The summed E-state index contributed by atoms with van der Waals surface area (Å²) in [5.74, 6) is 1.72. The molecular weight excluding hydrogens is 358 g/mol. The van der Waals surface area contributed by atoms with Crippen molar-refractivity contribution in [3.8, 4) is 23.0 Å². The Morgan fingerprint density at radius 1 is 1.11 bits per heavy atom. The summed E-state index contributed by atoms with van der Waals surface area (Å²) >= 11 is 1.33. The second-order valence-corrected chi connectivity index (χ2v) is 7.61. The van der Waals surface area contributed by atoms with Crippen LogP contribution in [0.15, 0.2) is 47.5 Å². The van der Waals surface area contributed by atoms with Crippen molar-refractivity contribution in [3.63, 3.8) is 0 Å². The molecule has 2 N–H and O–H groups in total. The highest BCUT2D eigenvalue weighted by Crippen LogP contribution is 2.40. The first kappa shape index (κ1) is 17.5. The van der Waals surface area contributed by atoms with Crippen LogP contribution in [0.4, 0.5) is 0 Å². The number of primary amides is 1. The number of fused-ring (bicyclic) bond motifs is 2. The van der Waals surface area contributed by atoms with Gasteiger partial charge in [-0.1, -0.05) is 59.3 Å². The molecule has 27 heavy (non-hydrogen) atoms. The van der Waals surface area contributed by atoms with Crippen molar-refractivity contribution in [2.75, 3.05) is 5.75 Å². The number of benzene rings is 2. The zero-order valence-electron chi connectivity index (χ0n) is 15.2. The Labute approximate surface area is 162 Å². The average Bonchev–Trinajstić information content (AvgIpc) is 2.65. The second kappa shape index (κ2) is 7.04. The number of thioether (sulfide) groups is 1. The van der Waals surface area contributed by atoms with Gasteiger partial charge in [0, 0.05) is 12.0 Å². The fraction of sp³-hybridized carbons (Fsp3) is 0.190. The SMILES string of the molecule is Cc1ccc(-c2nc3c(c(SCC(N)=O)n2)Cc2cc(C)ccc2O3)cc1. The van der Waals surface area contributed by atoms with Gasteiger partial charge in [0.25, 0.3) is 0 Å². The summed E-state index contributed by atoms with van der Waals surface area (Å²) < 4.78 is 6.09. The normalized spacial score (nSPS) is 12.1. The molecular formula is C21H19N3O2S. The van der Waals surface area contributed by atoms with Crippen molar-refractivity contribution in [1.82, 2.24) is 9.97 Å². The number of aromatic nitrogens is 2. The molecule has 0 saturated heterocycles. The summed E-state index contributed by atoms with van der Waals surface area (Å²) in [5.41, 5.74) is 10.6. The maximum Gasteiger partial charge on any atom is 0.227 e. The molecule has 2 heterocycles. The van der Waals surface area contributed by atoms with Crippen LogP contribution in [0.25, 0.3) is 11.4 Å². The number of amides is 1. The molecule has 0 saturated carbocycles. The molecule has 0 aliphatic carbocycles. The van der Waals surface area contributed by atoms with Crippen molar-refractivity contribution in [2.45, 2.75) is 25.3 Å². The van der Waals surface area contributed by atoms with Gasteiger partial charge in [0.15, 0.2) is 5.82 Å². The Morgan fingerprint density at radius 2 is 1.85 bits per heavy atom. The van der Waals surface area contributed by atoms with Gasteiger partial charge < -0.3 is 10.5 Å². The highest BCUT2D eigenvalue weighted by Gasteiger charge is 2.24. The minimum Gasteiger partial charge on any atom is -0.438 e. The summed E-state index contributed by atoms with van der Waals surface area (Å²) in [4.78, 5) is 20.7. The maximum absolute atomic E-state index is 11.3. The zero-order valence-corrected chi connectivity index (χ0v) is 16.0. The molecule has 1 amide bonds. The van der Waals surface area contributed by atoms with Crippen LogP contribution in [-0.4, -0.2) is 21.6 Å². The van der Waals surface area contributed by atoms with Crippen LogP contribution >= 0.6 is 11.8 Å². The number of carbonyl (C=O) groups excluding carboxylic acids is 1. The maximum atomic E-state index is 11.3. The van der Waals surface area contributed by atoms with E-state index in [0.29, 0.717) is 18.1 Å². The monoisotopic (exact) mass is 377 g/mol. The quantitative estimate of drug-likeness (QED) is 0.429. The van der Waals surface area contributed by atoms with E-state index in [4.69, 9.17) is 15.5 Å². The van der Waals surface area contributed by atoms with Gasteiger partial charge in [0.05, 0.1) is 11.3 Å². The Balaban J connectivity index is 1.80. The topological polar surface area (TPSA) is 78.1 Å². The standard InChI is InChI=1S/C21H19N3O2S/c1-12-3-6-14(7-4-12)19-23-20-16(21(24-19)27-11-18(22)25)10-15-9-13(2)5-8-17(15)26-20/h3-9H,10-11H2,1-2H3,(H2,22,25). The van der Waals surface area contributed by atoms with Gasteiger partial charge in [-0.3, -0.25) is 4.79 Å². The van der Waals surface area contributed by atoms with E-state index in [1.807, 2.05) is 43.3 Å². The Bertz CT molecular complexity index is 1030. The van der Waals surface area contributed by atoms with Gasteiger partial charge in [-0.15, -0.1) is 0 Å². The molecule has 1 aliphatic rings. The molecule has 0 unspecified atom stereocenters. The number of nitrogens with two attached hydrogens (primary N) is 1. The molecule has 0 spiro atoms. The zero-order chi connectivity index (χ0) is 19.0. The lowest BCUT2D eigenvalue weighted by atomic mass is 10.0. The first-order chi connectivity index (χ1) is 13.0. The molecule has 0 fully saturated rings. The Hall–Kier alpha value is -2.86. The van der Waals surface area contributed by atoms with Gasteiger partial charge >= 0.3 is 0 Å². The first-order valence-electron chi connectivity index (χ1n) is 8.66. The summed E-state index contributed by atoms with van der Waals surface area (Å²) in [6.07, 6.45) is 0.668. The van der Waals surface area contributed by atoms with Crippen LogP contribution < -0.4 is 10.5 Å². The highest BCUT2D eigenvalue weighted by atomic mass is 32.2. The van der Waals surface area contributed by atoms with Crippen molar-refractivity contribution in [2.24, 2.45) is 5.73 Å². The van der Waals surface area contributed by atoms with Crippen LogP contribution in [0.2, 0.25) is 0 Å². The summed E-state index contributed by atoms with van der Waals surface area (Å²) in [6.45, 7) is 4.09. The number of aryl methyl sites for hydroxylation is 2. The first-order valence-corrected chi connectivity index (χ1v) is 9.64. The van der Waals surface area contributed by atoms with Crippen LogP contribution in [0.3, 0.4) is 0 Å². The number of nitrogens with zero attached hydrogens (tertiary/aromatic N) is 2. The van der Waals surface area contributed by atoms with Crippen molar-refractivity contribution in [3.05, 3.63) is 64.7 Å². The molecule has 0 radical (unpaired) electrons. The Morgan fingerprint density at radius 3 is 2.59 bits per heavy atom. The second-order valence-electron chi connectivity index (χ2n) is 6.65. The minimum absolute atomic E-state index is 0.164. The average molecular weight is 377 g/mol. The van der Waals surface area contributed by atoms with Gasteiger partial charge in [-0.25, -0.2) is 4.98 Å². The summed E-state index contributed by atoms with van der Waals surface area (Å²) in [6, 6.07) is 14.1. The smallest absolute Gasteiger partial charge is 0.227 e. The molecule has 4 rings (SSSR count). The van der Waals surface area contributed by atoms with E-state index in [1.165, 1.54) is 22.9 Å². The van der Waals surface area contributed by atoms with E-state index < -0.39 is 0 Å². The fourth-order valence-electron chi connectivity index (χ4n) is 3.01. The predicted octanol–water partition coefficient (Wildman–Crippen LogP) is 4.03. The van der Waals surface area contributed by atoms with Crippen molar-refractivity contribution >= 4 is 17.7 Å². The van der Waals surface area contributed by atoms with E-state index in [-0.39, 0.29) is 11.7 Å². The molecule has 2 aromatic carbocycles. The number of hydrogen-bond donors (Lipinski definition) is 1. The lowest BCUT2D eigenvalue weighted by Gasteiger charge is -2.22. The predicted molar refractivity (Wildman–Crippen MR) is 106 cm³/mol. The van der Waals surface area contributed by atoms with Crippen LogP contribution in [0, 0.1) is 13.8 Å². The van der Waals surface area contributed by atoms with Gasteiger partial charge in [0.2, 0.25) is 11.8 Å². The highest BCUT2D eigenvalue weighted by molar-refractivity contribution is 7.99. The number of ether oxygens (including phenoxy) is 1. The lowest BCUT2D eigenvalue weighted by molar-refractivity contribution is -0.115. The van der Waals surface area contributed by atoms with Crippen LogP contribution in [0.5, 0.6) is 11.6 Å². The summed E-state index contributed by atoms with van der Waals surface area (Å²) in [7, 11) is 0. The molecule has 1 aliphatic heterocycles. The minimum atomic E-state index is -0.378. The molecule has 5 nitrogen and oxygen atoms in total. The van der Waals surface area contributed by atoms with Gasteiger partial charge in [0.1, 0.15) is 10.8 Å². The molecule has 0 atom stereocenters. The molecule has 1 aromatic heterocycles. The number of carbonyl (C=O) groups is 1. The van der Waals surface area contributed by atoms with Gasteiger partial charge in [-0.2, -0.15) is 4.98 Å². The molecule has 6 heteroatoms. The van der Waals surface area contributed by atoms with Crippen molar-refractivity contribution in [1.29, 1.82) is 0 Å². The van der Waals surface area contributed by atoms with E-state index in [2.05, 4.69) is 18.0 Å². The largest absolute Gasteiger partial charge is 0.438 e. The number of rotatable bonds is 4. The summed E-state index contributed by atoms with van der Waals surface area (Å²) in [5, 5.41) is 0.738. The number of hydrogen-bond acceptors (Lipinski definition) is 5. The third-order valence-electron chi connectivity index (χ3n) is 4.38. The van der Waals surface area contributed by atoms with Gasteiger partial charge in [-0.05, 0) is 25.5 Å². The van der Waals surface area contributed by atoms with Crippen LogP contribution in [-0.2, 0) is 11.2 Å². The third kappa shape index (κ3) is 3.66. The van der Waals surface area contributed by atoms with E-state index >= 15 is 0 Å². The molecule has 0 bridgehead atoms. The lowest BCUT2D eigenvalue weighted by Crippen LogP contribution is -2.14.